The molecule has 1 aromatic rings. The first kappa shape index (κ1) is 14.8. The number of hydrogen-bond donors (Lipinski definition) is 1. The fourth-order valence-electron chi connectivity index (χ4n) is 4.63. The van der Waals surface area contributed by atoms with Gasteiger partial charge in [-0.3, -0.25) is 14.4 Å². The first-order chi connectivity index (χ1) is 11.0. The van der Waals surface area contributed by atoms with Crippen LogP contribution in [0.5, 0.6) is 0 Å². The van der Waals surface area contributed by atoms with Gasteiger partial charge in [0.15, 0.2) is 0 Å². The lowest BCUT2D eigenvalue weighted by molar-refractivity contribution is -0.121. The maximum Gasteiger partial charge on any atom is 0.220 e. The number of nitrogens with zero attached hydrogens (tertiary/aromatic N) is 4. The summed E-state index contributed by atoms with van der Waals surface area (Å²) in [6.45, 7) is 9.17. The van der Waals surface area contributed by atoms with Crippen molar-refractivity contribution < 1.29 is 4.79 Å². The zero-order valence-corrected chi connectivity index (χ0v) is 13.7. The van der Waals surface area contributed by atoms with E-state index in [2.05, 4.69) is 27.7 Å². The Bertz CT molecular complexity index is 614. The summed E-state index contributed by atoms with van der Waals surface area (Å²) >= 11 is 0. The van der Waals surface area contributed by atoms with E-state index in [-0.39, 0.29) is 11.8 Å². The summed E-state index contributed by atoms with van der Waals surface area (Å²) in [7, 11) is 1.97. The Morgan fingerprint density at radius 1 is 1.35 bits per heavy atom. The number of carbonyl (C=O) groups is 1. The van der Waals surface area contributed by atoms with Crippen molar-refractivity contribution >= 4 is 5.91 Å². The molecule has 2 unspecified atom stereocenters. The minimum absolute atomic E-state index is 0.107. The van der Waals surface area contributed by atoms with Crippen molar-refractivity contribution in [2.24, 2.45) is 30.5 Å². The smallest absolute Gasteiger partial charge is 0.220 e. The number of nitrogens with two attached hydrogens (primary N) is 1. The Morgan fingerprint density at radius 2 is 2.04 bits per heavy atom. The van der Waals surface area contributed by atoms with Crippen LogP contribution in [0.3, 0.4) is 0 Å². The molecular weight excluding hydrogens is 290 g/mol. The standard InChI is InChI=1S/C17H25N5O/c1-11(22-9-15-6-20(2)19-16(15)10-22)5-21-7-13-3-12(17(18)23)4-14(13)8-21/h6,12-14H,1,3-5,7-10H2,2H3,(H2,18,23). The molecule has 1 aliphatic carbocycles. The highest BCUT2D eigenvalue weighted by molar-refractivity contribution is 5.77. The van der Waals surface area contributed by atoms with E-state index in [0.717, 1.165) is 45.6 Å². The van der Waals surface area contributed by atoms with Gasteiger partial charge in [-0.05, 0) is 24.7 Å². The summed E-state index contributed by atoms with van der Waals surface area (Å²) in [6, 6.07) is 0. The van der Waals surface area contributed by atoms with Crippen molar-refractivity contribution in [3.8, 4) is 0 Å². The predicted octanol–water partition coefficient (Wildman–Crippen LogP) is 0.693. The largest absolute Gasteiger partial charge is 0.369 e. The lowest BCUT2D eigenvalue weighted by atomic mass is 10.0. The summed E-state index contributed by atoms with van der Waals surface area (Å²) in [5.41, 5.74) is 9.13. The molecular formula is C17H25N5O. The quantitative estimate of drug-likeness (QED) is 0.888. The van der Waals surface area contributed by atoms with Gasteiger partial charge in [-0.15, -0.1) is 0 Å². The van der Waals surface area contributed by atoms with Crippen molar-refractivity contribution in [3.63, 3.8) is 0 Å². The zero-order valence-electron chi connectivity index (χ0n) is 13.7. The molecule has 1 amide bonds. The van der Waals surface area contributed by atoms with Crippen molar-refractivity contribution in [1.82, 2.24) is 19.6 Å². The molecule has 2 aliphatic heterocycles. The van der Waals surface area contributed by atoms with Gasteiger partial charge in [-0.2, -0.15) is 5.10 Å². The van der Waals surface area contributed by atoms with Gasteiger partial charge >= 0.3 is 0 Å². The highest BCUT2D eigenvalue weighted by Gasteiger charge is 2.42. The first-order valence-electron chi connectivity index (χ1n) is 8.45. The number of aromatic nitrogens is 2. The molecule has 6 heteroatoms. The molecule has 23 heavy (non-hydrogen) atoms. The molecule has 2 fully saturated rings. The van der Waals surface area contributed by atoms with E-state index in [0.29, 0.717) is 11.8 Å². The zero-order chi connectivity index (χ0) is 16.1. The van der Waals surface area contributed by atoms with Gasteiger partial charge in [0.1, 0.15) is 0 Å². The maximum atomic E-state index is 11.4. The third-order valence-electron chi connectivity index (χ3n) is 5.78. The highest BCUT2D eigenvalue weighted by Crippen LogP contribution is 2.41. The summed E-state index contributed by atoms with van der Waals surface area (Å²) in [6.07, 6.45) is 4.05. The van der Waals surface area contributed by atoms with Crippen LogP contribution < -0.4 is 5.73 Å². The molecule has 1 aromatic heterocycles. The fourth-order valence-corrected chi connectivity index (χ4v) is 4.63. The van der Waals surface area contributed by atoms with E-state index in [4.69, 9.17) is 5.73 Å². The Morgan fingerprint density at radius 3 is 2.65 bits per heavy atom. The van der Waals surface area contributed by atoms with E-state index in [1.165, 1.54) is 17.0 Å². The van der Waals surface area contributed by atoms with Gasteiger partial charge in [0, 0.05) is 56.6 Å². The third-order valence-corrected chi connectivity index (χ3v) is 5.78. The van der Waals surface area contributed by atoms with Crippen molar-refractivity contribution in [2.75, 3.05) is 19.6 Å². The molecule has 0 bridgehead atoms. The van der Waals surface area contributed by atoms with Gasteiger partial charge in [0.25, 0.3) is 0 Å². The molecule has 1 saturated carbocycles. The van der Waals surface area contributed by atoms with Crippen LogP contribution in [-0.4, -0.2) is 45.1 Å². The lowest BCUT2D eigenvalue weighted by Gasteiger charge is -2.26. The third kappa shape index (κ3) is 2.65. The highest BCUT2D eigenvalue weighted by atomic mass is 16.1. The lowest BCUT2D eigenvalue weighted by Crippen LogP contribution is -2.31. The van der Waals surface area contributed by atoms with E-state index in [9.17, 15) is 4.79 Å². The topological polar surface area (TPSA) is 67.4 Å². The number of hydrogen-bond acceptors (Lipinski definition) is 4. The second kappa shape index (κ2) is 5.37. The number of amides is 1. The van der Waals surface area contributed by atoms with Crippen LogP contribution in [0.25, 0.3) is 0 Å². The fraction of sp³-hybridized carbons (Fsp3) is 0.647. The first-order valence-corrected chi connectivity index (χ1v) is 8.45. The van der Waals surface area contributed by atoms with Crippen molar-refractivity contribution in [2.45, 2.75) is 25.9 Å². The minimum atomic E-state index is -0.113. The van der Waals surface area contributed by atoms with Gasteiger partial charge in [-0.25, -0.2) is 0 Å². The van der Waals surface area contributed by atoms with Gasteiger partial charge in [0.2, 0.25) is 5.91 Å². The molecule has 0 aromatic carbocycles. The Hall–Kier alpha value is -1.82. The minimum Gasteiger partial charge on any atom is -0.369 e. The number of carbonyl (C=O) groups excluding carboxylic acids is 1. The van der Waals surface area contributed by atoms with Crippen molar-refractivity contribution in [1.29, 1.82) is 0 Å². The number of rotatable bonds is 4. The molecule has 0 radical (unpaired) electrons. The number of fused-ring (bicyclic) bond motifs is 2. The molecule has 0 spiro atoms. The summed E-state index contributed by atoms with van der Waals surface area (Å²) < 4.78 is 1.89. The van der Waals surface area contributed by atoms with E-state index >= 15 is 0 Å². The second-order valence-electron chi connectivity index (χ2n) is 7.48. The molecule has 124 valence electrons. The summed E-state index contributed by atoms with van der Waals surface area (Å²) in [4.78, 5) is 16.2. The van der Waals surface area contributed by atoms with E-state index < -0.39 is 0 Å². The van der Waals surface area contributed by atoms with Crippen LogP contribution in [0.15, 0.2) is 18.5 Å². The average Bonchev–Trinajstić information content (AvgIpc) is 3.15. The van der Waals surface area contributed by atoms with Gasteiger partial charge in [0.05, 0.1) is 12.2 Å². The van der Waals surface area contributed by atoms with E-state index in [1.807, 2.05) is 11.7 Å². The average molecular weight is 315 g/mol. The molecule has 3 heterocycles. The van der Waals surface area contributed by atoms with Crippen LogP contribution in [0.2, 0.25) is 0 Å². The molecule has 2 N–H and O–H groups in total. The normalized spacial score (nSPS) is 29.8. The number of aryl methyl sites for hydroxylation is 1. The van der Waals surface area contributed by atoms with Gasteiger partial charge in [-0.1, -0.05) is 6.58 Å². The van der Waals surface area contributed by atoms with E-state index in [1.54, 1.807) is 0 Å². The Kier molecular flexibility index (Phi) is 3.44. The molecule has 3 aliphatic rings. The maximum absolute atomic E-state index is 11.4. The van der Waals surface area contributed by atoms with Crippen LogP contribution in [-0.2, 0) is 24.9 Å². The van der Waals surface area contributed by atoms with Crippen LogP contribution in [0.4, 0.5) is 0 Å². The molecule has 1 saturated heterocycles. The Labute approximate surface area is 136 Å². The molecule has 4 rings (SSSR count). The summed E-state index contributed by atoms with van der Waals surface area (Å²) in [5, 5.41) is 4.50. The SMILES string of the molecule is C=C(CN1CC2CC(C(N)=O)CC2C1)N1Cc2cn(C)nc2C1. The number of likely N-dealkylation sites (tertiary alicyclic amines) is 1. The molecule has 6 nitrogen and oxygen atoms in total. The van der Waals surface area contributed by atoms with Crippen LogP contribution >= 0.6 is 0 Å². The van der Waals surface area contributed by atoms with Crippen molar-refractivity contribution in [3.05, 3.63) is 29.7 Å². The predicted molar refractivity (Wildman–Crippen MR) is 86.9 cm³/mol. The summed E-state index contributed by atoms with van der Waals surface area (Å²) in [5.74, 6) is 1.27. The monoisotopic (exact) mass is 315 g/mol. The Balaban J connectivity index is 1.30. The molecule has 2 atom stereocenters. The van der Waals surface area contributed by atoms with Crippen LogP contribution in [0, 0.1) is 17.8 Å². The van der Waals surface area contributed by atoms with Gasteiger partial charge < -0.3 is 10.6 Å². The van der Waals surface area contributed by atoms with Crippen LogP contribution in [0.1, 0.15) is 24.1 Å². The number of primary amides is 1. The second-order valence-corrected chi connectivity index (χ2v) is 7.48.